The zero-order valence-corrected chi connectivity index (χ0v) is 14.4. The number of hydrogen-bond donors (Lipinski definition) is 1. The average Bonchev–Trinajstić information content (AvgIpc) is 2.62. The molecule has 0 fully saturated rings. The molecule has 9 nitrogen and oxygen atoms in total. The molecule has 0 amide bonds. The van der Waals surface area contributed by atoms with E-state index in [0.29, 0.717) is 13.1 Å². The van der Waals surface area contributed by atoms with Crippen LogP contribution in [-0.4, -0.2) is 36.7 Å². The number of carbonyl (C=O) groups excluding carboxylic acids is 1. The van der Waals surface area contributed by atoms with Crippen LogP contribution >= 0.6 is 0 Å². The first-order valence-corrected chi connectivity index (χ1v) is 8.55. The van der Waals surface area contributed by atoms with Crippen LogP contribution in [0.4, 0.5) is 5.69 Å². The molecule has 25 heavy (non-hydrogen) atoms. The first-order valence-electron chi connectivity index (χ1n) is 7.11. The van der Waals surface area contributed by atoms with Gasteiger partial charge in [0, 0.05) is 13.1 Å². The number of allylic oxidation sites excluding steroid dienone is 2. The maximum Gasteiger partial charge on any atom is 0.286 e. The van der Waals surface area contributed by atoms with E-state index < -0.39 is 27.3 Å². The third kappa shape index (κ3) is 4.70. The average molecular weight is 361 g/mol. The fourth-order valence-corrected chi connectivity index (χ4v) is 3.27. The van der Waals surface area contributed by atoms with E-state index in [1.54, 1.807) is 13.8 Å². The van der Waals surface area contributed by atoms with Crippen LogP contribution in [0.15, 0.2) is 50.8 Å². The summed E-state index contributed by atoms with van der Waals surface area (Å²) in [6.07, 6.45) is 0. The molecule has 1 N–H and O–H groups in total. The van der Waals surface area contributed by atoms with Crippen molar-refractivity contribution in [3.63, 3.8) is 0 Å². The third-order valence-corrected chi connectivity index (χ3v) is 5.16. The first-order chi connectivity index (χ1) is 11.8. The van der Waals surface area contributed by atoms with E-state index in [1.807, 2.05) is 0 Å². The molecule has 0 aromatic heterocycles. The molecule has 0 aliphatic rings. The summed E-state index contributed by atoms with van der Waals surface area (Å²) in [4.78, 5) is 11.4. The molecule has 0 radical (unpaired) electrons. The second-order valence-corrected chi connectivity index (χ2v) is 6.47. The van der Waals surface area contributed by atoms with Gasteiger partial charge in [0.1, 0.15) is 12.1 Å². The maximum atomic E-state index is 12.3. The lowest BCUT2D eigenvalue weighted by Gasteiger charge is -2.18. The normalized spacial score (nSPS) is 12.5. The molecule has 0 aliphatic carbocycles. The van der Waals surface area contributed by atoms with Crippen molar-refractivity contribution in [1.29, 1.82) is 10.5 Å². The Labute approximate surface area is 145 Å². The fraction of sp³-hybridized carbons (Fsp3) is 0.267. The van der Waals surface area contributed by atoms with E-state index in [1.165, 1.54) is 40.7 Å². The standard InChI is InChI=1S/C15H15N5O4S/c1-3-20(4-2)25(23,24)12-7-5-11(6-8-12)18-19-15(13(21)9-16)14(22)10-17/h5-8,21H,3-4H2,1-2H3/b15-13-,19-18?. The summed E-state index contributed by atoms with van der Waals surface area (Å²) in [5.41, 5.74) is -0.614. The van der Waals surface area contributed by atoms with Gasteiger partial charge >= 0.3 is 0 Å². The Balaban J connectivity index is 3.15. The predicted molar refractivity (Wildman–Crippen MR) is 87.0 cm³/mol. The fourth-order valence-electron chi connectivity index (χ4n) is 1.81. The van der Waals surface area contributed by atoms with Gasteiger partial charge in [-0.15, -0.1) is 5.11 Å². The largest absolute Gasteiger partial charge is 0.498 e. The van der Waals surface area contributed by atoms with Crippen LogP contribution in [0, 0.1) is 22.7 Å². The molecule has 0 bridgehead atoms. The summed E-state index contributed by atoms with van der Waals surface area (Å²) >= 11 is 0. The van der Waals surface area contributed by atoms with Crippen molar-refractivity contribution in [2.24, 2.45) is 10.2 Å². The molecular formula is C15H15N5O4S. The SMILES string of the molecule is CCN(CC)S(=O)(=O)c1ccc(N=N/C(C(=O)C#N)=C(\O)C#N)cc1. The number of benzene rings is 1. The van der Waals surface area contributed by atoms with Gasteiger partial charge in [-0.25, -0.2) is 8.42 Å². The topological polar surface area (TPSA) is 147 Å². The molecule has 130 valence electrons. The van der Waals surface area contributed by atoms with E-state index >= 15 is 0 Å². The number of sulfonamides is 1. The number of rotatable bonds is 7. The number of nitriles is 2. The highest BCUT2D eigenvalue weighted by atomic mass is 32.2. The Morgan fingerprint density at radius 1 is 1.16 bits per heavy atom. The number of aliphatic hydroxyl groups is 1. The van der Waals surface area contributed by atoms with Gasteiger partial charge in [0.25, 0.3) is 5.78 Å². The highest BCUT2D eigenvalue weighted by Crippen LogP contribution is 2.21. The minimum atomic E-state index is -3.61. The minimum Gasteiger partial charge on any atom is -0.498 e. The zero-order valence-electron chi connectivity index (χ0n) is 13.5. The minimum absolute atomic E-state index is 0.0684. The molecule has 0 aliphatic heterocycles. The van der Waals surface area contributed by atoms with Gasteiger partial charge in [0.05, 0.1) is 10.6 Å². The van der Waals surface area contributed by atoms with Crippen molar-refractivity contribution in [2.75, 3.05) is 13.1 Å². The van der Waals surface area contributed by atoms with Crippen molar-refractivity contribution in [1.82, 2.24) is 4.31 Å². The molecule has 1 rings (SSSR count). The molecule has 1 aromatic rings. The van der Waals surface area contributed by atoms with Gasteiger partial charge in [-0.05, 0) is 24.3 Å². The van der Waals surface area contributed by atoms with Gasteiger partial charge in [-0.2, -0.15) is 19.9 Å². The summed E-state index contributed by atoms with van der Waals surface area (Å²) in [6.45, 7) is 4.12. The van der Waals surface area contributed by atoms with E-state index in [0.717, 1.165) is 0 Å². The molecule has 0 unspecified atom stereocenters. The Hall–Kier alpha value is -3.08. The second kappa shape index (κ2) is 8.68. The van der Waals surface area contributed by atoms with Gasteiger partial charge < -0.3 is 5.11 Å². The lowest BCUT2D eigenvalue weighted by atomic mass is 10.3. The number of azo groups is 1. The summed E-state index contributed by atoms with van der Waals surface area (Å²) in [5.74, 6) is -2.25. The molecule has 10 heteroatoms. The number of aliphatic hydroxyl groups excluding tert-OH is 1. The van der Waals surface area contributed by atoms with E-state index in [9.17, 15) is 18.3 Å². The van der Waals surface area contributed by atoms with Crippen molar-refractivity contribution < 1.29 is 18.3 Å². The van der Waals surface area contributed by atoms with E-state index in [2.05, 4.69) is 10.2 Å². The molecule has 0 atom stereocenters. The van der Waals surface area contributed by atoms with Crippen LogP contribution in [-0.2, 0) is 14.8 Å². The van der Waals surface area contributed by atoms with Crippen LogP contribution in [0.2, 0.25) is 0 Å². The van der Waals surface area contributed by atoms with Crippen molar-refractivity contribution in [3.05, 3.63) is 35.7 Å². The van der Waals surface area contributed by atoms with Gasteiger partial charge in [-0.3, -0.25) is 4.79 Å². The maximum absolute atomic E-state index is 12.3. The molecule has 0 saturated carbocycles. The van der Waals surface area contributed by atoms with Crippen molar-refractivity contribution in [2.45, 2.75) is 18.7 Å². The van der Waals surface area contributed by atoms with Crippen molar-refractivity contribution in [3.8, 4) is 12.1 Å². The van der Waals surface area contributed by atoms with Gasteiger partial charge in [0.15, 0.2) is 5.70 Å². The van der Waals surface area contributed by atoms with Crippen molar-refractivity contribution >= 4 is 21.5 Å². The lowest BCUT2D eigenvalue weighted by molar-refractivity contribution is -0.110. The van der Waals surface area contributed by atoms with Gasteiger partial charge in [0.2, 0.25) is 15.8 Å². The second-order valence-electron chi connectivity index (χ2n) is 4.53. The quantitative estimate of drug-likeness (QED) is 0.196. The van der Waals surface area contributed by atoms with Gasteiger partial charge in [-0.1, -0.05) is 13.8 Å². The molecular weight excluding hydrogens is 346 g/mol. The van der Waals surface area contributed by atoms with Crippen LogP contribution in [0.1, 0.15) is 13.8 Å². The highest BCUT2D eigenvalue weighted by Gasteiger charge is 2.21. The first kappa shape index (κ1) is 20.0. The number of carbonyl (C=O) groups is 1. The smallest absolute Gasteiger partial charge is 0.286 e. The summed E-state index contributed by atoms with van der Waals surface area (Å²) < 4.78 is 26.0. The van der Waals surface area contributed by atoms with Crippen LogP contribution < -0.4 is 0 Å². The third-order valence-electron chi connectivity index (χ3n) is 3.09. The number of Topliss-reactive ketones (excluding diaryl/α,β-unsaturated/α-hetero) is 1. The number of nitrogens with zero attached hydrogens (tertiary/aromatic N) is 5. The molecule has 0 saturated heterocycles. The highest BCUT2D eigenvalue weighted by molar-refractivity contribution is 7.89. The van der Waals surface area contributed by atoms with E-state index in [-0.39, 0.29) is 10.6 Å². The Morgan fingerprint density at radius 3 is 2.16 bits per heavy atom. The molecule has 0 spiro atoms. The number of ketones is 1. The zero-order chi connectivity index (χ0) is 19.0. The summed E-state index contributed by atoms with van der Waals surface area (Å²) in [7, 11) is -3.61. The Kier molecular flexibility index (Phi) is 6.93. The summed E-state index contributed by atoms with van der Waals surface area (Å²) in [5, 5.41) is 33.4. The predicted octanol–water partition coefficient (Wildman–Crippen LogP) is 2.19. The monoisotopic (exact) mass is 361 g/mol. The van der Waals surface area contributed by atoms with E-state index in [4.69, 9.17) is 10.5 Å². The number of hydrogen-bond acceptors (Lipinski definition) is 8. The Morgan fingerprint density at radius 2 is 1.72 bits per heavy atom. The molecule has 1 aromatic carbocycles. The van der Waals surface area contributed by atoms with Crippen LogP contribution in [0.5, 0.6) is 0 Å². The lowest BCUT2D eigenvalue weighted by Crippen LogP contribution is -2.30. The van der Waals surface area contributed by atoms with Crippen LogP contribution in [0.3, 0.4) is 0 Å². The van der Waals surface area contributed by atoms with Crippen LogP contribution in [0.25, 0.3) is 0 Å². The summed E-state index contributed by atoms with van der Waals surface area (Å²) in [6, 6.07) is 7.85. The Bertz CT molecular complexity index is 885. The molecule has 0 heterocycles.